The molecule has 0 saturated heterocycles. The van der Waals surface area contributed by atoms with Crippen molar-refractivity contribution in [2.75, 3.05) is 0 Å². The van der Waals surface area contributed by atoms with Crippen LogP contribution < -0.4 is 9.47 Å². The molecule has 29 heavy (non-hydrogen) atoms. The zero-order chi connectivity index (χ0) is 19.5. The predicted molar refractivity (Wildman–Crippen MR) is 108 cm³/mol. The van der Waals surface area contributed by atoms with Crippen molar-refractivity contribution in [1.82, 2.24) is 24.9 Å². The number of rotatable bonds is 5. The first kappa shape index (κ1) is 16.9. The van der Waals surface area contributed by atoms with Crippen molar-refractivity contribution in [3.8, 4) is 34.5 Å². The minimum absolute atomic E-state index is 0.522. The fraction of sp³-hybridized carbons (Fsp3) is 0. The number of nitrogens with one attached hydrogen (secondary N) is 1. The van der Waals surface area contributed by atoms with E-state index in [1.165, 1.54) is 0 Å². The number of aromatic nitrogens is 5. The SMILES string of the molecule is c1ccc(-c2nc3cc(Oc4cccnc4)c(Oc4cccnc4)cc3[nH]2)nc1. The molecule has 4 aromatic heterocycles. The number of benzene rings is 1. The van der Waals surface area contributed by atoms with Crippen LogP contribution in [0.1, 0.15) is 0 Å². The van der Waals surface area contributed by atoms with Crippen molar-refractivity contribution in [1.29, 1.82) is 0 Å². The number of imidazole rings is 1. The minimum atomic E-state index is 0.522. The summed E-state index contributed by atoms with van der Waals surface area (Å²) in [5.41, 5.74) is 2.30. The second-order valence-corrected chi connectivity index (χ2v) is 6.20. The number of hydrogen-bond acceptors (Lipinski definition) is 6. The molecule has 7 nitrogen and oxygen atoms in total. The van der Waals surface area contributed by atoms with Gasteiger partial charge in [-0.05, 0) is 36.4 Å². The summed E-state index contributed by atoms with van der Waals surface area (Å²) in [7, 11) is 0. The van der Waals surface area contributed by atoms with E-state index < -0.39 is 0 Å². The number of ether oxygens (including phenoxy) is 2. The Balaban J connectivity index is 1.59. The van der Waals surface area contributed by atoms with Gasteiger partial charge in [0.1, 0.15) is 17.2 Å². The quantitative estimate of drug-likeness (QED) is 0.461. The Labute approximate surface area is 166 Å². The van der Waals surface area contributed by atoms with Crippen LogP contribution in [0.3, 0.4) is 0 Å². The number of aromatic amines is 1. The van der Waals surface area contributed by atoms with Gasteiger partial charge >= 0.3 is 0 Å². The number of fused-ring (bicyclic) bond motifs is 1. The highest BCUT2D eigenvalue weighted by atomic mass is 16.5. The Hall–Kier alpha value is -4.26. The maximum Gasteiger partial charge on any atom is 0.172 e. The lowest BCUT2D eigenvalue weighted by Gasteiger charge is -2.12. The molecule has 0 saturated carbocycles. The highest BCUT2D eigenvalue weighted by molar-refractivity contribution is 5.82. The van der Waals surface area contributed by atoms with E-state index in [4.69, 9.17) is 9.47 Å². The van der Waals surface area contributed by atoms with E-state index in [0.717, 1.165) is 16.7 Å². The first-order valence-corrected chi connectivity index (χ1v) is 8.96. The molecule has 0 radical (unpaired) electrons. The first-order valence-electron chi connectivity index (χ1n) is 8.96. The molecular weight excluding hydrogens is 366 g/mol. The summed E-state index contributed by atoms with van der Waals surface area (Å²) in [4.78, 5) is 20.5. The van der Waals surface area contributed by atoms with Gasteiger partial charge < -0.3 is 14.5 Å². The van der Waals surface area contributed by atoms with Gasteiger partial charge in [-0.2, -0.15) is 0 Å². The van der Waals surface area contributed by atoms with E-state index in [2.05, 4.69) is 24.9 Å². The molecule has 0 bridgehead atoms. The molecule has 0 fully saturated rings. The van der Waals surface area contributed by atoms with Crippen molar-refractivity contribution < 1.29 is 9.47 Å². The molecule has 1 aromatic carbocycles. The summed E-state index contributed by atoms with van der Waals surface area (Å²) in [6.07, 6.45) is 8.40. The highest BCUT2D eigenvalue weighted by Crippen LogP contribution is 2.38. The third-order valence-electron chi connectivity index (χ3n) is 4.18. The van der Waals surface area contributed by atoms with Crippen LogP contribution in [-0.2, 0) is 0 Å². The van der Waals surface area contributed by atoms with Crippen LogP contribution >= 0.6 is 0 Å². The standard InChI is InChI=1S/C22H15N5O2/c1-2-10-25-17(7-1)22-26-18-11-20(28-15-5-3-8-23-13-15)21(12-19(18)27-22)29-16-6-4-9-24-14-16/h1-14H,(H,26,27). The summed E-state index contributed by atoms with van der Waals surface area (Å²) in [5, 5.41) is 0. The monoisotopic (exact) mass is 381 g/mol. The van der Waals surface area contributed by atoms with Gasteiger partial charge in [-0.3, -0.25) is 15.0 Å². The Kier molecular flexibility index (Phi) is 4.31. The molecule has 0 unspecified atom stereocenters. The Morgan fingerprint density at radius 1 is 0.724 bits per heavy atom. The van der Waals surface area contributed by atoms with E-state index in [-0.39, 0.29) is 0 Å². The van der Waals surface area contributed by atoms with Crippen LogP contribution in [-0.4, -0.2) is 24.9 Å². The van der Waals surface area contributed by atoms with E-state index in [1.54, 1.807) is 31.0 Å². The molecule has 4 heterocycles. The predicted octanol–water partition coefficient (Wildman–Crippen LogP) is 5.00. The lowest BCUT2D eigenvalue weighted by molar-refractivity contribution is 0.418. The fourth-order valence-electron chi connectivity index (χ4n) is 2.87. The summed E-state index contributed by atoms with van der Waals surface area (Å²) in [6, 6.07) is 16.7. The second-order valence-electron chi connectivity index (χ2n) is 6.20. The van der Waals surface area contributed by atoms with Gasteiger partial charge in [0, 0.05) is 30.7 Å². The lowest BCUT2D eigenvalue weighted by Crippen LogP contribution is -1.91. The van der Waals surface area contributed by atoms with E-state index in [1.807, 2.05) is 54.6 Å². The van der Waals surface area contributed by atoms with E-state index in [9.17, 15) is 0 Å². The van der Waals surface area contributed by atoms with Crippen molar-refractivity contribution in [2.24, 2.45) is 0 Å². The topological polar surface area (TPSA) is 85.8 Å². The second kappa shape index (κ2) is 7.40. The first-order chi connectivity index (χ1) is 14.3. The maximum atomic E-state index is 6.03. The maximum absolute atomic E-state index is 6.03. The molecule has 7 heteroatoms. The average Bonchev–Trinajstić information content (AvgIpc) is 3.19. The summed E-state index contributed by atoms with van der Waals surface area (Å²) >= 11 is 0. The molecule has 0 amide bonds. The number of pyridine rings is 3. The van der Waals surface area contributed by atoms with E-state index >= 15 is 0 Å². The van der Waals surface area contributed by atoms with Crippen LogP contribution in [0.2, 0.25) is 0 Å². The molecule has 140 valence electrons. The third kappa shape index (κ3) is 3.61. The van der Waals surface area contributed by atoms with Crippen LogP contribution in [0, 0.1) is 0 Å². The number of nitrogens with zero attached hydrogens (tertiary/aromatic N) is 4. The van der Waals surface area contributed by atoms with Crippen molar-refractivity contribution in [3.63, 3.8) is 0 Å². The Morgan fingerprint density at radius 3 is 2.07 bits per heavy atom. The minimum Gasteiger partial charge on any atom is -0.452 e. The molecule has 1 N–H and O–H groups in total. The number of H-pyrrole nitrogens is 1. The normalized spacial score (nSPS) is 10.8. The van der Waals surface area contributed by atoms with Gasteiger partial charge in [0.2, 0.25) is 0 Å². The van der Waals surface area contributed by atoms with Gasteiger partial charge in [-0.15, -0.1) is 0 Å². The molecule has 0 aliphatic heterocycles. The van der Waals surface area contributed by atoms with Crippen LogP contribution in [0.15, 0.2) is 85.6 Å². The van der Waals surface area contributed by atoms with Gasteiger partial charge in [0.25, 0.3) is 0 Å². The van der Waals surface area contributed by atoms with Crippen LogP contribution in [0.4, 0.5) is 0 Å². The van der Waals surface area contributed by atoms with Crippen molar-refractivity contribution in [3.05, 3.63) is 85.6 Å². The van der Waals surface area contributed by atoms with Gasteiger partial charge in [0.05, 0.1) is 23.4 Å². The summed E-state index contributed by atoms with van der Waals surface area (Å²) < 4.78 is 12.1. The fourth-order valence-corrected chi connectivity index (χ4v) is 2.87. The molecule has 0 aliphatic rings. The molecule has 5 aromatic rings. The van der Waals surface area contributed by atoms with Crippen LogP contribution in [0.25, 0.3) is 22.6 Å². The zero-order valence-electron chi connectivity index (χ0n) is 15.2. The van der Waals surface area contributed by atoms with Crippen molar-refractivity contribution >= 4 is 11.0 Å². The molecule has 5 rings (SSSR count). The highest BCUT2D eigenvalue weighted by Gasteiger charge is 2.14. The van der Waals surface area contributed by atoms with Gasteiger partial charge in [-0.1, -0.05) is 6.07 Å². The molecule has 0 atom stereocenters. The molecule has 0 spiro atoms. The molecule has 0 aliphatic carbocycles. The smallest absolute Gasteiger partial charge is 0.172 e. The average molecular weight is 381 g/mol. The van der Waals surface area contributed by atoms with Crippen molar-refractivity contribution in [2.45, 2.75) is 0 Å². The largest absolute Gasteiger partial charge is 0.452 e. The van der Waals surface area contributed by atoms with Gasteiger partial charge in [-0.25, -0.2) is 4.98 Å². The zero-order valence-corrected chi connectivity index (χ0v) is 15.2. The van der Waals surface area contributed by atoms with Crippen LogP contribution in [0.5, 0.6) is 23.0 Å². The summed E-state index contributed by atoms with van der Waals surface area (Å²) in [6.45, 7) is 0. The van der Waals surface area contributed by atoms with E-state index in [0.29, 0.717) is 28.8 Å². The Morgan fingerprint density at radius 2 is 1.45 bits per heavy atom. The molecular formula is C22H15N5O2. The number of hydrogen-bond donors (Lipinski definition) is 1. The Bertz CT molecular complexity index is 1160. The van der Waals surface area contributed by atoms with Gasteiger partial charge in [0.15, 0.2) is 17.3 Å². The summed E-state index contributed by atoms with van der Waals surface area (Å²) in [5.74, 6) is 2.93. The third-order valence-corrected chi connectivity index (χ3v) is 4.18. The lowest BCUT2D eigenvalue weighted by atomic mass is 10.2.